The summed E-state index contributed by atoms with van der Waals surface area (Å²) in [6, 6.07) is 8.67. The van der Waals surface area contributed by atoms with Gasteiger partial charge in [0, 0.05) is 17.9 Å². The summed E-state index contributed by atoms with van der Waals surface area (Å²) in [6.45, 7) is 5.33. The largest absolute Gasteiger partial charge is 0.493 e. The molecule has 0 saturated carbocycles. The third-order valence-corrected chi connectivity index (χ3v) is 6.70. The van der Waals surface area contributed by atoms with Gasteiger partial charge in [-0.3, -0.25) is 9.59 Å². The molecule has 1 fully saturated rings. The molecule has 1 aliphatic heterocycles. The Morgan fingerprint density at radius 2 is 1.97 bits per heavy atom. The molecule has 172 valence electrons. The number of aliphatic carboxylic acids is 1. The van der Waals surface area contributed by atoms with Crippen LogP contribution in [0.2, 0.25) is 5.02 Å². The van der Waals surface area contributed by atoms with Gasteiger partial charge in [0.15, 0.2) is 0 Å². The molecule has 2 aromatic rings. The fourth-order valence-electron chi connectivity index (χ4n) is 3.68. The number of hydrogen-bond donors (Lipinski definition) is 2. The molecule has 6 nitrogen and oxygen atoms in total. The van der Waals surface area contributed by atoms with E-state index in [9.17, 15) is 9.59 Å². The van der Waals surface area contributed by atoms with E-state index in [0.717, 1.165) is 59.4 Å². The first-order valence-corrected chi connectivity index (χ1v) is 11.9. The molecule has 2 aromatic carbocycles. The number of carbonyl (C=O) groups is 2. The molecule has 0 aromatic heterocycles. The van der Waals surface area contributed by atoms with Crippen LogP contribution in [0.1, 0.15) is 42.4 Å². The zero-order chi connectivity index (χ0) is 23.1. The summed E-state index contributed by atoms with van der Waals surface area (Å²) in [6.07, 6.45) is 4.47. The van der Waals surface area contributed by atoms with Crippen molar-refractivity contribution in [1.29, 1.82) is 0 Å². The fraction of sp³-hybridized carbons (Fsp3) is 0.417. The predicted molar refractivity (Wildman–Crippen MR) is 127 cm³/mol. The van der Waals surface area contributed by atoms with E-state index in [1.165, 1.54) is 6.42 Å². The molecule has 1 aliphatic rings. The maximum absolute atomic E-state index is 12.6. The number of nitrogens with one attached hydrogen (secondary N) is 1. The van der Waals surface area contributed by atoms with Crippen LogP contribution in [0.4, 0.5) is 10.5 Å². The molecule has 0 unspecified atom stereocenters. The summed E-state index contributed by atoms with van der Waals surface area (Å²) in [5.74, 6) is -0.163. The van der Waals surface area contributed by atoms with Gasteiger partial charge in [-0.25, -0.2) is 0 Å². The van der Waals surface area contributed by atoms with Gasteiger partial charge in [0.25, 0.3) is 5.24 Å². The van der Waals surface area contributed by atoms with Crippen LogP contribution in [-0.4, -0.2) is 35.6 Å². The van der Waals surface area contributed by atoms with Crippen LogP contribution < -0.4 is 10.1 Å². The Bertz CT molecular complexity index is 952. The van der Waals surface area contributed by atoms with Gasteiger partial charge in [0.05, 0.1) is 29.8 Å². The van der Waals surface area contributed by atoms with Crippen molar-refractivity contribution in [3.63, 3.8) is 0 Å². The van der Waals surface area contributed by atoms with E-state index in [1.54, 1.807) is 18.2 Å². The average Bonchev–Trinajstić information content (AvgIpc) is 2.73. The van der Waals surface area contributed by atoms with Gasteiger partial charge >= 0.3 is 5.97 Å². The summed E-state index contributed by atoms with van der Waals surface area (Å²) >= 11 is 7.25. The molecular weight excluding hydrogens is 450 g/mol. The standard InChI is InChI=1S/C24H28ClNO5S/c1-15-11-19(31-10-8-18-5-3-4-9-30-18)12-16(2)23(15)32-24(29)26-21-13-17(14-22(27)28)6-7-20(21)25/h6-7,11-13,18H,3-5,8-10,14H2,1-2H3,(H,26,29)(H,27,28)/t18-/m0/s1. The molecular formula is C24H28ClNO5S. The minimum Gasteiger partial charge on any atom is -0.493 e. The molecule has 0 radical (unpaired) electrons. The summed E-state index contributed by atoms with van der Waals surface area (Å²) in [4.78, 5) is 24.4. The SMILES string of the molecule is Cc1cc(OCC[C@@H]2CCCCO2)cc(C)c1SC(=O)Nc1cc(CC(=O)O)ccc1Cl. The van der Waals surface area contributed by atoms with E-state index in [-0.39, 0.29) is 17.8 Å². The lowest BCUT2D eigenvalue weighted by Crippen LogP contribution is -2.21. The number of hydrogen-bond acceptors (Lipinski definition) is 5. The van der Waals surface area contributed by atoms with Crippen LogP contribution in [0.25, 0.3) is 0 Å². The summed E-state index contributed by atoms with van der Waals surface area (Å²) < 4.78 is 11.7. The maximum Gasteiger partial charge on any atom is 0.307 e. The molecule has 1 amide bonds. The van der Waals surface area contributed by atoms with Crippen molar-refractivity contribution in [3.8, 4) is 5.75 Å². The van der Waals surface area contributed by atoms with E-state index in [0.29, 0.717) is 22.9 Å². The molecule has 0 aliphatic carbocycles. The average molecular weight is 478 g/mol. The number of carbonyl (C=O) groups excluding carboxylic acids is 1. The van der Waals surface area contributed by atoms with Crippen molar-refractivity contribution in [1.82, 2.24) is 0 Å². The lowest BCUT2D eigenvalue weighted by molar-refractivity contribution is -0.136. The molecule has 0 bridgehead atoms. The number of amides is 1. The highest BCUT2D eigenvalue weighted by molar-refractivity contribution is 8.14. The van der Waals surface area contributed by atoms with Gasteiger partial charge < -0.3 is 19.9 Å². The predicted octanol–water partition coefficient (Wildman–Crippen LogP) is 6.25. The van der Waals surface area contributed by atoms with E-state index in [2.05, 4.69) is 5.32 Å². The highest BCUT2D eigenvalue weighted by Crippen LogP contribution is 2.33. The number of aryl methyl sites for hydroxylation is 2. The second kappa shape index (κ2) is 11.6. The lowest BCUT2D eigenvalue weighted by atomic mass is 10.1. The first-order chi connectivity index (χ1) is 15.3. The Morgan fingerprint density at radius 3 is 2.62 bits per heavy atom. The van der Waals surface area contributed by atoms with Crippen molar-refractivity contribution in [3.05, 3.63) is 52.0 Å². The van der Waals surface area contributed by atoms with Crippen molar-refractivity contribution in [2.75, 3.05) is 18.5 Å². The third kappa shape index (κ3) is 7.15. The number of halogens is 1. The van der Waals surface area contributed by atoms with Gasteiger partial charge in [-0.1, -0.05) is 17.7 Å². The van der Waals surface area contributed by atoms with Crippen LogP contribution in [0.15, 0.2) is 35.2 Å². The minimum absolute atomic E-state index is 0.139. The van der Waals surface area contributed by atoms with E-state index >= 15 is 0 Å². The van der Waals surface area contributed by atoms with Gasteiger partial charge in [0.1, 0.15) is 5.75 Å². The van der Waals surface area contributed by atoms with Gasteiger partial charge in [-0.05, 0) is 85.8 Å². The van der Waals surface area contributed by atoms with Crippen molar-refractivity contribution < 1.29 is 24.2 Å². The monoisotopic (exact) mass is 477 g/mol. The molecule has 3 rings (SSSR count). The summed E-state index contributed by atoms with van der Waals surface area (Å²) in [5.41, 5.74) is 2.84. The van der Waals surface area contributed by atoms with Crippen LogP contribution in [0.5, 0.6) is 5.75 Å². The number of carboxylic acids is 1. The van der Waals surface area contributed by atoms with Crippen LogP contribution >= 0.6 is 23.4 Å². The van der Waals surface area contributed by atoms with E-state index < -0.39 is 5.97 Å². The summed E-state index contributed by atoms with van der Waals surface area (Å²) in [7, 11) is 0. The van der Waals surface area contributed by atoms with Crippen LogP contribution in [0.3, 0.4) is 0 Å². The maximum atomic E-state index is 12.6. The fourth-order valence-corrected chi connectivity index (χ4v) is 4.63. The number of benzene rings is 2. The quantitative estimate of drug-likeness (QED) is 0.437. The first kappa shape index (κ1) is 24.4. The Morgan fingerprint density at radius 1 is 1.22 bits per heavy atom. The molecule has 32 heavy (non-hydrogen) atoms. The lowest BCUT2D eigenvalue weighted by Gasteiger charge is -2.22. The van der Waals surface area contributed by atoms with Crippen molar-refractivity contribution in [2.45, 2.75) is 57.0 Å². The topological polar surface area (TPSA) is 84.9 Å². The molecule has 1 saturated heterocycles. The smallest absolute Gasteiger partial charge is 0.307 e. The summed E-state index contributed by atoms with van der Waals surface area (Å²) in [5, 5.41) is 11.8. The second-order valence-corrected chi connectivity index (χ2v) is 9.30. The third-order valence-electron chi connectivity index (χ3n) is 5.23. The zero-order valence-electron chi connectivity index (χ0n) is 18.3. The molecule has 0 spiro atoms. The molecule has 1 heterocycles. The number of carboxylic acid groups (broad SMARTS) is 1. The normalized spacial score (nSPS) is 15.9. The Balaban J connectivity index is 1.59. The van der Waals surface area contributed by atoms with Gasteiger partial charge in [-0.15, -0.1) is 0 Å². The minimum atomic E-state index is -0.946. The van der Waals surface area contributed by atoms with Crippen molar-refractivity contribution in [2.24, 2.45) is 0 Å². The van der Waals surface area contributed by atoms with Gasteiger partial charge in [-0.2, -0.15) is 0 Å². The van der Waals surface area contributed by atoms with E-state index in [1.807, 2.05) is 26.0 Å². The molecule has 2 N–H and O–H groups in total. The zero-order valence-corrected chi connectivity index (χ0v) is 19.9. The molecule has 1 atom stereocenters. The van der Waals surface area contributed by atoms with Crippen LogP contribution in [-0.2, 0) is 16.0 Å². The van der Waals surface area contributed by atoms with Crippen molar-refractivity contribution >= 4 is 40.3 Å². The number of anilines is 1. The first-order valence-electron chi connectivity index (χ1n) is 10.7. The Hall–Kier alpha value is -2.22. The highest BCUT2D eigenvalue weighted by atomic mass is 35.5. The highest BCUT2D eigenvalue weighted by Gasteiger charge is 2.16. The molecule has 8 heteroatoms. The number of rotatable bonds is 8. The number of thioether (sulfide) groups is 1. The van der Waals surface area contributed by atoms with Crippen LogP contribution in [0, 0.1) is 13.8 Å². The second-order valence-electron chi connectivity index (χ2n) is 7.91. The number of ether oxygens (including phenoxy) is 2. The Kier molecular flexibility index (Phi) is 8.84. The van der Waals surface area contributed by atoms with E-state index in [4.69, 9.17) is 26.2 Å². The Labute approximate surface area is 197 Å². The van der Waals surface area contributed by atoms with Gasteiger partial charge in [0.2, 0.25) is 0 Å².